The Morgan fingerprint density at radius 1 is 1.24 bits per heavy atom. The van der Waals surface area contributed by atoms with Gasteiger partial charge >= 0.3 is 0 Å². The molecule has 1 aliphatic carbocycles. The van der Waals surface area contributed by atoms with Gasteiger partial charge in [0.05, 0.1) is 17.9 Å². The minimum atomic E-state index is -0.403. The normalized spacial score (nSPS) is 16.3. The Hall–Kier alpha value is -2.95. The zero-order valence-corrected chi connectivity index (χ0v) is 13.7. The van der Waals surface area contributed by atoms with Crippen molar-refractivity contribution in [3.8, 4) is 5.69 Å². The number of nitrogens with zero attached hydrogens (tertiary/aromatic N) is 2. The Labute approximate surface area is 145 Å². The highest BCUT2D eigenvalue weighted by Gasteiger charge is 2.26. The summed E-state index contributed by atoms with van der Waals surface area (Å²) in [4.78, 5) is 16.6. The van der Waals surface area contributed by atoms with Crippen LogP contribution in [-0.2, 0) is 11.2 Å². The smallest absolute Gasteiger partial charge is 0.231 e. The molecular formula is C20H18FN3O. The molecule has 0 saturated heterocycles. The summed E-state index contributed by atoms with van der Waals surface area (Å²) in [5.41, 5.74) is 3.19. The summed E-state index contributed by atoms with van der Waals surface area (Å²) in [7, 11) is 0. The van der Waals surface area contributed by atoms with Gasteiger partial charge in [0.2, 0.25) is 5.91 Å². The molecule has 4 nitrogen and oxygen atoms in total. The number of aryl methyl sites for hydroxylation is 1. The van der Waals surface area contributed by atoms with Gasteiger partial charge < -0.3 is 9.88 Å². The van der Waals surface area contributed by atoms with Gasteiger partial charge in [-0.25, -0.2) is 9.37 Å². The number of halogens is 1. The van der Waals surface area contributed by atoms with Crippen molar-refractivity contribution < 1.29 is 9.18 Å². The van der Waals surface area contributed by atoms with Gasteiger partial charge in [-0.3, -0.25) is 4.79 Å². The minimum Gasteiger partial charge on any atom is -0.325 e. The maximum Gasteiger partial charge on any atom is 0.231 e. The second kappa shape index (κ2) is 6.51. The van der Waals surface area contributed by atoms with Crippen molar-refractivity contribution in [3.63, 3.8) is 0 Å². The van der Waals surface area contributed by atoms with Gasteiger partial charge in [0.15, 0.2) is 0 Å². The van der Waals surface area contributed by atoms with Gasteiger partial charge in [0.1, 0.15) is 5.82 Å². The van der Waals surface area contributed by atoms with Crippen LogP contribution in [0, 0.1) is 5.82 Å². The summed E-state index contributed by atoms with van der Waals surface area (Å²) in [5, 5.41) is 2.86. The first-order chi connectivity index (χ1) is 12.2. The first-order valence-electron chi connectivity index (χ1n) is 8.39. The van der Waals surface area contributed by atoms with E-state index in [0.717, 1.165) is 24.8 Å². The third-order valence-electron chi connectivity index (χ3n) is 4.68. The Morgan fingerprint density at radius 2 is 2.12 bits per heavy atom. The van der Waals surface area contributed by atoms with Gasteiger partial charge in [0.25, 0.3) is 0 Å². The van der Waals surface area contributed by atoms with Crippen LogP contribution in [0.3, 0.4) is 0 Å². The second-order valence-electron chi connectivity index (χ2n) is 6.27. The first kappa shape index (κ1) is 15.6. The molecular weight excluding hydrogens is 317 g/mol. The molecule has 1 N–H and O–H groups in total. The molecule has 5 heteroatoms. The van der Waals surface area contributed by atoms with Crippen LogP contribution >= 0.6 is 0 Å². The number of imidazole rings is 1. The lowest BCUT2D eigenvalue weighted by molar-refractivity contribution is -0.117. The van der Waals surface area contributed by atoms with Crippen molar-refractivity contribution in [2.24, 2.45) is 0 Å². The van der Waals surface area contributed by atoms with Crippen molar-refractivity contribution >= 4 is 11.6 Å². The fourth-order valence-electron chi connectivity index (χ4n) is 3.45. The zero-order chi connectivity index (χ0) is 17.2. The zero-order valence-electron chi connectivity index (χ0n) is 13.7. The summed E-state index contributed by atoms with van der Waals surface area (Å²) in [6, 6.07) is 12.8. The van der Waals surface area contributed by atoms with E-state index < -0.39 is 5.82 Å². The number of amides is 1. The molecule has 0 fully saturated rings. The molecule has 1 heterocycles. The average Bonchev–Trinajstić information content (AvgIpc) is 3.15. The molecule has 1 amide bonds. The molecule has 0 bridgehead atoms. The van der Waals surface area contributed by atoms with Crippen LogP contribution in [0.5, 0.6) is 0 Å². The Morgan fingerprint density at radius 3 is 2.92 bits per heavy atom. The molecule has 1 unspecified atom stereocenters. The van der Waals surface area contributed by atoms with E-state index in [0.29, 0.717) is 11.4 Å². The van der Waals surface area contributed by atoms with Crippen LogP contribution < -0.4 is 5.32 Å². The van der Waals surface area contributed by atoms with Gasteiger partial charge in [0, 0.05) is 18.1 Å². The van der Waals surface area contributed by atoms with Crippen LogP contribution in [0.25, 0.3) is 5.69 Å². The summed E-state index contributed by atoms with van der Waals surface area (Å²) in [6.45, 7) is 0. The van der Waals surface area contributed by atoms with Gasteiger partial charge in [-0.2, -0.15) is 0 Å². The highest BCUT2D eigenvalue weighted by Crippen LogP contribution is 2.32. The maximum absolute atomic E-state index is 14.3. The molecule has 0 radical (unpaired) electrons. The molecule has 4 rings (SSSR count). The van der Waals surface area contributed by atoms with E-state index in [2.05, 4.69) is 16.4 Å². The molecule has 1 atom stereocenters. The lowest BCUT2D eigenvalue weighted by Gasteiger charge is -2.24. The first-order valence-corrected chi connectivity index (χ1v) is 8.39. The molecule has 1 aromatic heterocycles. The number of fused-ring (bicyclic) bond motifs is 1. The van der Waals surface area contributed by atoms with E-state index in [1.807, 2.05) is 18.2 Å². The van der Waals surface area contributed by atoms with E-state index in [1.165, 1.54) is 18.0 Å². The number of aromatic nitrogens is 2. The van der Waals surface area contributed by atoms with Crippen molar-refractivity contribution in [1.82, 2.24) is 9.55 Å². The van der Waals surface area contributed by atoms with E-state index in [1.54, 1.807) is 29.1 Å². The Kier molecular flexibility index (Phi) is 4.06. The third-order valence-corrected chi connectivity index (χ3v) is 4.68. The summed E-state index contributed by atoms with van der Waals surface area (Å²) in [6.07, 6.45) is 7.62. The Bertz CT molecular complexity index is 905. The van der Waals surface area contributed by atoms with E-state index in [9.17, 15) is 9.18 Å². The van der Waals surface area contributed by atoms with Crippen LogP contribution in [0.1, 0.15) is 29.9 Å². The molecule has 1 aliphatic rings. The fraction of sp³-hybridized carbons (Fsp3) is 0.200. The van der Waals surface area contributed by atoms with Crippen LogP contribution in [-0.4, -0.2) is 15.5 Å². The molecule has 0 aliphatic heterocycles. The highest BCUT2D eigenvalue weighted by molar-refractivity contribution is 5.96. The largest absolute Gasteiger partial charge is 0.325 e. The monoisotopic (exact) mass is 335 g/mol. The van der Waals surface area contributed by atoms with Crippen LogP contribution in [0.4, 0.5) is 10.1 Å². The van der Waals surface area contributed by atoms with Gasteiger partial charge in [-0.15, -0.1) is 0 Å². The standard InChI is InChI=1S/C20H18FN3O/c21-18-12-15(8-9-19(18)24-11-10-22-13-24)23-20(25)17-7-3-5-14-4-1-2-6-16(14)17/h1-2,4,6,8-13,17H,3,5,7H2,(H,23,25). The van der Waals surface area contributed by atoms with Crippen molar-refractivity contribution in [3.05, 3.63) is 78.1 Å². The van der Waals surface area contributed by atoms with E-state index in [-0.39, 0.29) is 11.8 Å². The number of carbonyl (C=O) groups is 1. The molecule has 0 spiro atoms. The predicted molar refractivity (Wildman–Crippen MR) is 94.3 cm³/mol. The number of hydrogen-bond acceptors (Lipinski definition) is 2. The van der Waals surface area contributed by atoms with Crippen LogP contribution in [0.15, 0.2) is 61.2 Å². The molecule has 3 aromatic rings. The van der Waals surface area contributed by atoms with E-state index >= 15 is 0 Å². The number of carbonyl (C=O) groups excluding carboxylic acids is 1. The second-order valence-corrected chi connectivity index (χ2v) is 6.27. The number of nitrogens with one attached hydrogen (secondary N) is 1. The molecule has 0 saturated carbocycles. The fourth-order valence-corrected chi connectivity index (χ4v) is 3.45. The number of hydrogen-bond donors (Lipinski definition) is 1. The SMILES string of the molecule is O=C(Nc1ccc(-n2ccnc2)c(F)c1)C1CCCc2ccccc21. The third kappa shape index (κ3) is 3.05. The average molecular weight is 335 g/mol. The lowest BCUT2D eigenvalue weighted by Crippen LogP contribution is -2.24. The highest BCUT2D eigenvalue weighted by atomic mass is 19.1. The summed E-state index contributed by atoms with van der Waals surface area (Å²) < 4.78 is 15.9. The quantitative estimate of drug-likeness (QED) is 0.784. The summed E-state index contributed by atoms with van der Waals surface area (Å²) >= 11 is 0. The molecule has 2 aromatic carbocycles. The van der Waals surface area contributed by atoms with Crippen LogP contribution in [0.2, 0.25) is 0 Å². The van der Waals surface area contributed by atoms with Crippen molar-refractivity contribution in [2.75, 3.05) is 5.32 Å². The maximum atomic E-state index is 14.3. The van der Waals surface area contributed by atoms with E-state index in [4.69, 9.17) is 0 Å². The lowest BCUT2D eigenvalue weighted by atomic mass is 9.82. The topological polar surface area (TPSA) is 46.9 Å². The predicted octanol–water partition coefficient (Wildman–Crippen LogP) is 4.07. The number of rotatable bonds is 3. The van der Waals surface area contributed by atoms with Gasteiger partial charge in [-0.05, 0) is 48.6 Å². The molecule has 126 valence electrons. The Balaban J connectivity index is 1.55. The van der Waals surface area contributed by atoms with Gasteiger partial charge in [-0.1, -0.05) is 24.3 Å². The summed E-state index contributed by atoms with van der Waals surface area (Å²) in [5.74, 6) is -0.664. The van der Waals surface area contributed by atoms with Crippen molar-refractivity contribution in [1.29, 1.82) is 0 Å². The number of benzene rings is 2. The molecule has 25 heavy (non-hydrogen) atoms. The number of anilines is 1. The minimum absolute atomic E-state index is 0.0815. The van der Waals surface area contributed by atoms with Crippen molar-refractivity contribution in [2.45, 2.75) is 25.2 Å².